The van der Waals surface area contributed by atoms with Crippen molar-refractivity contribution in [3.05, 3.63) is 58.6 Å². The first-order valence-corrected chi connectivity index (χ1v) is 8.29. The Labute approximate surface area is 142 Å². The Morgan fingerprint density at radius 1 is 1.17 bits per heavy atom. The normalized spacial score (nSPS) is 10.4. The summed E-state index contributed by atoms with van der Waals surface area (Å²) in [5.74, 6) is 0.419. The average Bonchev–Trinajstić information content (AvgIpc) is 2.55. The van der Waals surface area contributed by atoms with Gasteiger partial charge in [-0.15, -0.1) is 0 Å². The summed E-state index contributed by atoms with van der Waals surface area (Å²) >= 11 is 6.00. The fraction of sp³-hybridized carbons (Fsp3) is 0.316. The zero-order valence-corrected chi connectivity index (χ0v) is 14.3. The van der Waals surface area contributed by atoms with Crippen LogP contribution in [0.3, 0.4) is 0 Å². The average molecular weight is 332 g/mol. The summed E-state index contributed by atoms with van der Waals surface area (Å²) in [5, 5.41) is 3.50. The molecule has 0 aliphatic heterocycles. The van der Waals surface area contributed by atoms with Crippen LogP contribution in [0.15, 0.2) is 42.5 Å². The number of carbonyl (C=O) groups excluding carboxylic acids is 1. The van der Waals surface area contributed by atoms with E-state index in [1.54, 1.807) is 18.2 Å². The zero-order valence-electron chi connectivity index (χ0n) is 13.6. The highest BCUT2D eigenvalue weighted by Gasteiger charge is 2.13. The highest BCUT2D eigenvalue weighted by Crippen LogP contribution is 2.23. The third-order valence-corrected chi connectivity index (χ3v) is 3.82. The van der Waals surface area contributed by atoms with Crippen LogP contribution in [0.25, 0.3) is 0 Å². The molecule has 0 aliphatic carbocycles. The highest BCUT2D eigenvalue weighted by molar-refractivity contribution is 6.31. The molecule has 0 unspecified atom stereocenters. The smallest absolute Gasteiger partial charge is 0.259 e. The molecule has 1 amide bonds. The van der Waals surface area contributed by atoms with Gasteiger partial charge >= 0.3 is 0 Å². The number of ether oxygens (including phenoxy) is 1. The van der Waals surface area contributed by atoms with Crippen LogP contribution in [0.1, 0.15) is 42.1 Å². The Kier molecular flexibility index (Phi) is 6.48. The molecule has 1 N–H and O–H groups in total. The highest BCUT2D eigenvalue weighted by atomic mass is 35.5. The van der Waals surface area contributed by atoms with Crippen LogP contribution in [-0.2, 0) is 0 Å². The summed E-state index contributed by atoms with van der Waals surface area (Å²) in [6, 6.07) is 12.7. The fourth-order valence-electron chi connectivity index (χ4n) is 2.23. The Hall–Kier alpha value is -2.00. The number of aryl methyl sites for hydroxylation is 1. The van der Waals surface area contributed by atoms with Crippen LogP contribution in [0.4, 0.5) is 5.69 Å². The number of amides is 1. The number of unbranched alkanes of at least 4 members (excludes halogenated alkanes) is 2. The van der Waals surface area contributed by atoms with Gasteiger partial charge < -0.3 is 10.1 Å². The third-order valence-electron chi connectivity index (χ3n) is 3.58. The van der Waals surface area contributed by atoms with E-state index < -0.39 is 0 Å². The van der Waals surface area contributed by atoms with Gasteiger partial charge in [0.25, 0.3) is 5.91 Å². The molecular weight excluding hydrogens is 310 g/mol. The lowest BCUT2D eigenvalue weighted by Gasteiger charge is -2.13. The molecule has 0 atom stereocenters. The van der Waals surface area contributed by atoms with E-state index in [-0.39, 0.29) is 5.91 Å². The standard InChI is InChI=1S/C19H22ClNO2/c1-3-4-7-12-23-18-9-6-5-8-16(18)19(22)21-17-13-15(20)11-10-14(17)2/h5-6,8-11,13H,3-4,7,12H2,1-2H3,(H,21,22). The van der Waals surface area contributed by atoms with Crippen LogP contribution in [0.5, 0.6) is 5.75 Å². The van der Waals surface area contributed by atoms with Crippen molar-refractivity contribution < 1.29 is 9.53 Å². The van der Waals surface area contributed by atoms with E-state index in [2.05, 4.69) is 12.2 Å². The molecule has 0 bridgehead atoms. The van der Waals surface area contributed by atoms with E-state index in [1.807, 2.05) is 31.2 Å². The Morgan fingerprint density at radius 3 is 2.74 bits per heavy atom. The summed E-state index contributed by atoms with van der Waals surface area (Å²) in [7, 11) is 0. The molecule has 0 fully saturated rings. The van der Waals surface area contributed by atoms with Crippen LogP contribution < -0.4 is 10.1 Å². The van der Waals surface area contributed by atoms with E-state index in [1.165, 1.54) is 0 Å². The Balaban J connectivity index is 2.11. The number of hydrogen-bond donors (Lipinski definition) is 1. The summed E-state index contributed by atoms with van der Waals surface area (Å²) in [6.07, 6.45) is 3.25. The molecule has 0 saturated carbocycles. The van der Waals surface area contributed by atoms with Gasteiger partial charge in [-0.1, -0.05) is 49.6 Å². The van der Waals surface area contributed by atoms with E-state index in [0.717, 1.165) is 24.8 Å². The van der Waals surface area contributed by atoms with Crippen molar-refractivity contribution in [1.29, 1.82) is 0 Å². The molecule has 23 heavy (non-hydrogen) atoms. The van der Waals surface area contributed by atoms with E-state index >= 15 is 0 Å². The maximum absolute atomic E-state index is 12.6. The van der Waals surface area contributed by atoms with Gasteiger partial charge in [0.05, 0.1) is 12.2 Å². The minimum atomic E-state index is -0.193. The van der Waals surface area contributed by atoms with Crippen LogP contribution in [0.2, 0.25) is 5.02 Å². The first-order chi connectivity index (χ1) is 11.1. The van der Waals surface area contributed by atoms with Crippen molar-refractivity contribution in [2.24, 2.45) is 0 Å². The Bertz CT molecular complexity index is 670. The Morgan fingerprint density at radius 2 is 1.96 bits per heavy atom. The van der Waals surface area contributed by atoms with Gasteiger partial charge in [0.15, 0.2) is 0 Å². The van der Waals surface area contributed by atoms with Gasteiger partial charge in [0, 0.05) is 10.7 Å². The molecule has 3 nitrogen and oxygen atoms in total. The summed E-state index contributed by atoms with van der Waals surface area (Å²) < 4.78 is 5.77. The topological polar surface area (TPSA) is 38.3 Å². The number of rotatable bonds is 7. The monoisotopic (exact) mass is 331 g/mol. The number of halogens is 1. The molecule has 0 aliphatic rings. The molecule has 2 aromatic rings. The number of anilines is 1. The first kappa shape index (κ1) is 17.4. The van der Waals surface area contributed by atoms with Gasteiger partial charge in [-0.05, 0) is 43.2 Å². The van der Waals surface area contributed by atoms with Crippen molar-refractivity contribution in [2.75, 3.05) is 11.9 Å². The predicted molar refractivity (Wildman–Crippen MR) is 95.6 cm³/mol. The number of hydrogen-bond acceptors (Lipinski definition) is 2. The molecule has 0 heterocycles. The molecule has 0 spiro atoms. The van der Waals surface area contributed by atoms with Crippen LogP contribution >= 0.6 is 11.6 Å². The van der Waals surface area contributed by atoms with Gasteiger partial charge in [-0.3, -0.25) is 4.79 Å². The lowest BCUT2D eigenvalue weighted by molar-refractivity contribution is 0.102. The zero-order chi connectivity index (χ0) is 16.7. The molecule has 0 radical (unpaired) electrons. The lowest BCUT2D eigenvalue weighted by atomic mass is 10.1. The summed E-state index contributed by atoms with van der Waals surface area (Å²) in [5.41, 5.74) is 2.20. The third kappa shape index (κ3) is 5.00. The second-order valence-corrected chi connectivity index (χ2v) is 5.90. The molecule has 2 aromatic carbocycles. The second kappa shape index (κ2) is 8.59. The van der Waals surface area contributed by atoms with Gasteiger partial charge in [-0.2, -0.15) is 0 Å². The van der Waals surface area contributed by atoms with Crippen molar-refractivity contribution in [3.63, 3.8) is 0 Å². The van der Waals surface area contributed by atoms with Crippen LogP contribution in [-0.4, -0.2) is 12.5 Å². The van der Waals surface area contributed by atoms with Crippen molar-refractivity contribution >= 4 is 23.2 Å². The summed E-state index contributed by atoms with van der Waals surface area (Å²) in [4.78, 5) is 12.6. The molecule has 0 aromatic heterocycles. The molecular formula is C19H22ClNO2. The van der Waals surface area contributed by atoms with Crippen molar-refractivity contribution in [1.82, 2.24) is 0 Å². The maximum atomic E-state index is 12.6. The van der Waals surface area contributed by atoms with Gasteiger partial charge in [-0.25, -0.2) is 0 Å². The molecule has 2 rings (SSSR count). The van der Waals surface area contributed by atoms with E-state index in [9.17, 15) is 4.79 Å². The first-order valence-electron chi connectivity index (χ1n) is 7.91. The van der Waals surface area contributed by atoms with E-state index in [0.29, 0.717) is 28.6 Å². The maximum Gasteiger partial charge on any atom is 0.259 e. The van der Waals surface area contributed by atoms with Crippen LogP contribution in [0, 0.1) is 6.92 Å². The lowest BCUT2D eigenvalue weighted by Crippen LogP contribution is -2.14. The largest absolute Gasteiger partial charge is 0.493 e. The van der Waals surface area contributed by atoms with Gasteiger partial charge in [0.2, 0.25) is 0 Å². The summed E-state index contributed by atoms with van der Waals surface area (Å²) in [6.45, 7) is 4.70. The van der Waals surface area contributed by atoms with E-state index in [4.69, 9.17) is 16.3 Å². The van der Waals surface area contributed by atoms with Crippen molar-refractivity contribution in [2.45, 2.75) is 33.1 Å². The minimum absolute atomic E-state index is 0.193. The SMILES string of the molecule is CCCCCOc1ccccc1C(=O)Nc1cc(Cl)ccc1C. The fourth-order valence-corrected chi connectivity index (χ4v) is 2.40. The number of carbonyl (C=O) groups is 1. The number of benzene rings is 2. The predicted octanol–water partition coefficient (Wildman–Crippen LogP) is 5.47. The molecule has 0 saturated heterocycles. The quantitative estimate of drug-likeness (QED) is 0.683. The number of para-hydroxylation sites is 1. The number of nitrogens with one attached hydrogen (secondary N) is 1. The van der Waals surface area contributed by atoms with Gasteiger partial charge in [0.1, 0.15) is 5.75 Å². The van der Waals surface area contributed by atoms with Crippen molar-refractivity contribution in [3.8, 4) is 5.75 Å². The second-order valence-electron chi connectivity index (χ2n) is 5.47. The minimum Gasteiger partial charge on any atom is -0.493 e. The molecule has 122 valence electrons. The molecule has 4 heteroatoms.